The number of rotatable bonds is 3. The fraction of sp³-hybridized carbons (Fsp3) is 0.278. The topological polar surface area (TPSA) is 106 Å². The van der Waals surface area contributed by atoms with Crippen LogP contribution in [0.25, 0.3) is 22.6 Å². The van der Waals surface area contributed by atoms with E-state index in [1.54, 1.807) is 18.1 Å². The Morgan fingerprint density at radius 2 is 2.11 bits per heavy atom. The van der Waals surface area contributed by atoms with Crippen molar-refractivity contribution in [1.82, 2.24) is 25.2 Å². The van der Waals surface area contributed by atoms with Gasteiger partial charge in [-0.3, -0.25) is 9.88 Å². The van der Waals surface area contributed by atoms with Crippen LogP contribution >= 0.6 is 0 Å². The van der Waals surface area contributed by atoms with Gasteiger partial charge in [-0.1, -0.05) is 12.1 Å². The van der Waals surface area contributed by atoms with Gasteiger partial charge >= 0.3 is 6.09 Å². The number of fused-ring (bicyclic) bond motifs is 3. The highest BCUT2D eigenvalue weighted by molar-refractivity contribution is 5.94. The lowest BCUT2D eigenvalue weighted by molar-refractivity contribution is 0.0830. The Balaban J connectivity index is 1.45. The number of nitrogens with zero attached hydrogens (tertiary/aromatic N) is 6. The summed E-state index contributed by atoms with van der Waals surface area (Å²) in [5.74, 6) is 0.479. The summed E-state index contributed by atoms with van der Waals surface area (Å²) in [4.78, 5) is 19.5. The van der Waals surface area contributed by atoms with Gasteiger partial charge in [0.15, 0.2) is 0 Å². The third kappa shape index (κ3) is 2.47. The first kappa shape index (κ1) is 15.9. The number of aryl methyl sites for hydroxylation is 1. The summed E-state index contributed by atoms with van der Waals surface area (Å²) < 4.78 is 5.21. The van der Waals surface area contributed by atoms with E-state index in [0.717, 1.165) is 22.4 Å². The van der Waals surface area contributed by atoms with E-state index in [-0.39, 0.29) is 12.6 Å². The van der Waals surface area contributed by atoms with E-state index in [9.17, 15) is 9.90 Å². The van der Waals surface area contributed by atoms with Gasteiger partial charge < -0.3 is 9.84 Å². The summed E-state index contributed by atoms with van der Waals surface area (Å²) in [7, 11) is 1.71. The molecule has 2 aromatic heterocycles. The number of aliphatic hydroxyl groups is 1. The van der Waals surface area contributed by atoms with Crippen molar-refractivity contribution < 1.29 is 14.6 Å². The van der Waals surface area contributed by atoms with Crippen molar-refractivity contribution in [1.29, 1.82) is 0 Å². The molecule has 2 aliphatic heterocycles. The van der Waals surface area contributed by atoms with Gasteiger partial charge in [0.25, 0.3) is 0 Å². The molecule has 4 heterocycles. The van der Waals surface area contributed by atoms with Gasteiger partial charge in [0.2, 0.25) is 5.82 Å². The first-order chi connectivity index (χ1) is 13.1. The summed E-state index contributed by atoms with van der Waals surface area (Å²) in [6, 6.07) is 9.61. The Morgan fingerprint density at radius 3 is 2.81 bits per heavy atom. The maximum Gasteiger partial charge on any atom is 0.415 e. The molecule has 1 saturated heterocycles. The maximum absolute atomic E-state index is 12.1. The van der Waals surface area contributed by atoms with E-state index in [1.807, 2.05) is 24.3 Å². The first-order valence-corrected chi connectivity index (χ1v) is 8.58. The monoisotopic (exact) mass is 364 g/mol. The molecule has 0 aliphatic carbocycles. The number of hydrogen-bond donors (Lipinski definition) is 1. The molecule has 136 valence electrons. The summed E-state index contributed by atoms with van der Waals surface area (Å²) in [5, 5.41) is 21.4. The molecule has 5 rings (SSSR count). The maximum atomic E-state index is 12.1. The number of aromatic nitrogens is 5. The minimum absolute atomic E-state index is 0.143. The van der Waals surface area contributed by atoms with E-state index in [0.29, 0.717) is 17.9 Å². The fourth-order valence-electron chi connectivity index (χ4n) is 3.70. The van der Waals surface area contributed by atoms with Gasteiger partial charge in [-0.15, -0.1) is 10.2 Å². The minimum Gasteiger partial charge on any atom is -0.441 e. The lowest BCUT2D eigenvalue weighted by atomic mass is 10.0. The molecule has 27 heavy (non-hydrogen) atoms. The predicted molar refractivity (Wildman–Crippen MR) is 94.8 cm³/mol. The number of benzene rings is 1. The minimum atomic E-state index is -0.478. The molecule has 9 nitrogen and oxygen atoms in total. The Hall–Kier alpha value is -3.33. The number of anilines is 1. The summed E-state index contributed by atoms with van der Waals surface area (Å²) >= 11 is 0. The van der Waals surface area contributed by atoms with Crippen LogP contribution in [0.1, 0.15) is 5.56 Å². The van der Waals surface area contributed by atoms with E-state index in [1.165, 1.54) is 4.80 Å². The summed E-state index contributed by atoms with van der Waals surface area (Å²) in [5.41, 5.74) is 4.53. The fourth-order valence-corrected chi connectivity index (χ4v) is 3.70. The number of aliphatic hydroxyl groups excluding tert-OH is 1. The molecular formula is C18H16N6O3. The van der Waals surface area contributed by atoms with Crippen molar-refractivity contribution in [2.24, 2.45) is 7.05 Å². The van der Waals surface area contributed by atoms with Gasteiger partial charge in [0.1, 0.15) is 11.8 Å². The molecule has 0 bridgehead atoms. The van der Waals surface area contributed by atoms with E-state index >= 15 is 0 Å². The number of pyridine rings is 1. The number of ether oxygens (including phenoxy) is 1. The number of tetrazole rings is 1. The van der Waals surface area contributed by atoms with Gasteiger partial charge in [0, 0.05) is 11.8 Å². The van der Waals surface area contributed by atoms with Crippen LogP contribution < -0.4 is 4.90 Å². The third-order valence-electron chi connectivity index (χ3n) is 4.99. The molecule has 0 saturated carbocycles. The Labute approximate surface area is 154 Å². The van der Waals surface area contributed by atoms with Gasteiger partial charge in [-0.2, -0.15) is 4.80 Å². The molecule has 1 fully saturated rings. The van der Waals surface area contributed by atoms with Crippen molar-refractivity contribution in [2.75, 3.05) is 11.5 Å². The van der Waals surface area contributed by atoms with Crippen LogP contribution in [0, 0.1) is 0 Å². The first-order valence-electron chi connectivity index (χ1n) is 8.58. The molecule has 3 aromatic rings. The SMILES string of the molecule is Cn1nnc(-c2ccc(-c3ccc4c(c3)CC3C(CO)OC(=O)N43)cn2)n1. The average molecular weight is 364 g/mol. The predicted octanol–water partition coefficient (Wildman–Crippen LogP) is 1.18. The lowest BCUT2D eigenvalue weighted by Gasteiger charge is -2.14. The number of amides is 1. The zero-order valence-corrected chi connectivity index (χ0v) is 14.5. The van der Waals surface area contributed by atoms with Crippen molar-refractivity contribution >= 4 is 11.8 Å². The van der Waals surface area contributed by atoms with Crippen LogP contribution in [-0.2, 0) is 18.2 Å². The van der Waals surface area contributed by atoms with E-state index in [2.05, 4.69) is 26.5 Å². The highest BCUT2D eigenvalue weighted by Gasteiger charge is 2.47. The molecule has 0 spiro atoms. The van der Waals surface area contributed by atoms with Gasteiger partial charge in [-0.05, 0) is 41.0 Å². The molecule has 1 N–H and O–H groups in total. The van der Waals surface area contributed by atoms with Crippen molar-refractivity contribution in [3.63, 3.8) is 0 Å². The van der Waals surface area contributed by atoms with E-state index < -0.39 is 12.2 Å². The molecular weight excluding hydrogens is 348 g/mol. The van der Waals surface area contributed by atoms with Crippen molar-refractivity contribution in [3.05, 3.63) is 42.1 Å². The average Bonchev–Trinajstić information content (AvgIpc) is 3.36. The third-order valence-corrected chi connectivity index (χ3v) is 4.99. The van der Waals surface area contributed by atoms with Crippen molar-refractivity contribution in [3.8, 4) is 22.6 Å². The molecule has 0 radical (unpaired) electrons. The van der Waals surface area contributed by atoms with Crippen LogP contribution in [0.4, 0.5) is 10.5 Å². The van der Waals surface area contributed by atoms with Crippen LogP contribution in [0.2, 0.25) is 0 Å². The Morgan fingerprint density at radius 1 is 1.26 bits per heavy atom. The zero-order chi connectivity index (χ0) is 18.5. The van der Waals surface area contributed by atoms with E-state index in [4.69, 9.17) is 4.74 Å². The van der Waals surface area contributed by atoms with Crippen molar-refractivity contribution in [2.45, 2.75) is 18.6 Å². The highest BCUT2D eigenvalue weighted by atomic mass is 16.6. The zero-order valence-electron chi connectivity index (χ0n) is 14.5. The molecule has 2 atom stereocenters. The second-order valence-corrected chi connectivity index (χ2v) is 6.62. The molecule has 9 heteroatoms. The number of cyclic esters (lactones) is 1. The number of carbonyl (C=O) groups excluding carboxylic acids is 1. The Bertz CT molecular complexity index is 1030. The largest absolute Gasteiger partial charge is 0.441 e. The van der Waals surface area contributed by atoms with Crippen LogP contribution in [0.3, 0.4) is 0 Å². The molecule has 2 aliphatic rings. The van der Waals surface area contributed by atoms with Crippen LogP contribution in [0.15, 0.2) is 36.5 Å². The highest BCUT2D eigenvalue weighted by Crippen LogP contribution is 2.40. The van der Waals surface area contributed by atoms with Crippen LogP contribution in [0.5, 0.6) is 0 Å². The van der Waals surface area contributed by atoms with Gasteiger partial charge in [0.05, 0.1) is 25.4 Å². The lowest BCUT2D eigenvalue weighted by Crippen LogP contribution is -2.34. The molecule has 1 amide bonds. The standard InChI is InChI=1S/C18H16N6O3/c1-23-21-17(20-22-23)13-4-2-11(8-19-13)10-3-5-14-12(6-10)7-15-16(9-25)27-18(26)24(14)15/h2-6,8,15-16,25H,7,9H2,1H3. The molecule has 1 aromatic carbocycles. The normalized spacial score (nSPS) is 20.5. The number of carbonyl (C=O) groups is 1. The second-order valence-electron chi connectivity index (χ2n) is 6.62. The van der Waals surface area contributed by atoms with Gasteiger partial charge in [-0.25, -0.2) is 4.79 Å². The Kier molecular flexibility index (Phi) is 3.44. The molecule has 2 unspecified atom stereocenters. The second kappa shape index (κ2) is 5.85. The van der Waals surface area contributed by atoms with Crippen LogP contribution in [-0.4, -0.2) is 55.1 Å². The summed E-state index contributed by atoms with van der Waals surface area (Å²) in [6.07, 6.45) is 1.56. The number of hydrogen-bond acceptors (Lipinski definition) is 7. The summed E-state index contributed by atoms with van der Waals surface area (Å²) in [6.45, 7) is -0.171. The smallest absolute Gasteiger partial charge is 0.415 e. The quantitative estimate of drug-likeness (QED) is 0.744.